The molecule has 0 aliphatic heterocycles. The number of hydrogen-bond acceptors (Lipinski definition) is 0. The van der Waals surface area contributed by atoms with Crippen LogP contribution in [0.15, 0.2) is 152 Å². The molecule has 0 nitrogen and oxygen atoms in total. The van der Waals surface area contributed by atoms with Gasteiger partial charge in [-0.25, -0.2) is 0 Å². The lowest BCUT2D eigenvalue weighted by atomic mass is 9.76. The lowest BCUT2D eigenvalue weighted by Gasteiger charge is -2.29. The summed E-state index contributed by atoms with van der Waals surface area (Å²) in [6.45, 7) is 7.08. The van der Waals surface area contributed by atoms with Crippen LogP contribution < -0.4 is 0 Å². The van der Waals surface area contributed by atoms with E-state index < -0.39 is 0 Å². The summed E-state index contributed by atoms with van der Waals surface area (Å²) in [5.41, 5.74) is 11.8. The average molecular weight is 619 g/mol. The fraction of sp³-hybridized carbons (Fsp3) is 0.167. The zero-order valence-corrected chi connectivity index (χ0v) is 28.3. The van der Waals surface area contributed by atoms with Crippen molar-refractivity contribution in [1.29, 1.82) is 0 Å². The standard InChI is InChI=1S/C48H42/c1-4-48(3,5-2)41-26-27-44-45(32-41)46(37-25-24-35-20-12-13-21-36(35)28-37)42-22-14-15-23-43(42)47(44)40-30-38(33-16-8-6-9-17-33)29-39(31-40)34-18-10-7-11-19-34/h6,8-10,12-32H,4-5,7,11H2,1-3H3. The number of hydrogen-bond donors (Lipinski definition) is 0. The van der Waals surface area contributed by atoms with E-state index in [-0.39, 0.29) is 5.41 Å². The largest absolute Gasteiger partial charge is 0.0836 e. The Morgan fingerprint density at radius 1 is 0.479 bits per heavy atom. The second kappa shape index (κ2) is 12.4. The smallest absolute Gasteiger partial charge is 0.00259 e. The van der Waals surface area contributed by atoms with Crippen LogP contribution in [0.5, 0.6) is 0 Å². The van der Waals surface area contributed by atoms with Crippen LogP contribution >= 0.6 is 0 Å². The molecule has 0 radical (unpaired) electrons. The highest BCUT2D eigenvalue weighted by atomic mass is 14.3. The van der Waals surface area contributed by atoms with E-state index in [1.165, 1.54) is 82.4 Å². The van der Waals surface area contributed by atoms with Crippen LogP contribution in [0, 0.1) is 0 Å². The van der Waals surface area contributed by atoms with E-state index in [0.29, 0.717) is 0 Å². The van der Waals surface area contributed by atoms with Gasteiger partial charge in [0.25, 0.3) is 0 Å². The first kappa shape index (κ1) is 30.2. The Morgan fingerprint density at radius 3 is 1.85 bits per heavy atom. The molecular weight excluding hydrogens is 577 g/mol. The minimum Gasteiger partial charge on any atom is -0.0836 e. The Labute approximate surface area is 285 Å². The first-order valence-electron chi connectivity index (χ1n) is 17.6. The summed E-state index contributed by atoms with van der Waals surface area (Å²) in [7, 11) is 0. The van der Waals surface area contributed by atoms with Crippen LogP contribution in [-0.2, 0) is 5.41 Å². The minimum absolute atomic E-state index is 0.112. The summed E-state index contributed by atoms with van der Waals surface area (Å²) >= 11 is 0. The van der Waals surface area contributed by atoms with Crippen LogP contribution in [0.4, 0.5) is 0 Å². The maximum atomic E-state index is 2.52. The van der Waals surface area contributed by atoms with Crippen molar-refractivity contribution in [2.45, 2.75) is 51.9 Å². The van der Waals surface area contributed by atoms with Gasteiger partial charge in [-0.1, -0.05) is 142 Å². The fourth-order valence-corrected chi connectivity index (χ4v) is 7.74. The van der Waals surface area contributed by atoms with Crippen LogP contribution in [0.2, 0.25) is 0 Å². The van der Waals surface area contributed by atoms with Gasteiger partial charge in [0.2, 0.25) is 0 Å². The second-order valence-electron chi connectivity index (χ2n) is 13.7. The van der Waals surface area contributed by atoms with Crippen LogP contribution in [0.1, 0.15) is 57.6 Å². The van der Waals surface area contributed by atoms with Gasteiger partial charge in [-0.2, -0.15) is 0 Å². The first-order valence-corrected chi connectivity index (χ1v) is 17.6. The van der Waals surface area contributed by atoms with Crippen LogP contribution in [0.3, 0.4) is 0 Å². The van der Waals surface area contributed by atoms with Crippen molar-refractivity contribution in [2.24, 2.45) is 0 Å². The number of allylic oxidation sites excluding steroid dienone is 4. The van der Waals surface area contributed by atoms with Crippen molar-refractivity contribution in [3.8, 4) is 33.4 Å². The highest BCUT2D eigenvalue weighted by Crippen LogP contribution is 2.47. The molecule has 0 spiro atoms. The van der Waals surface area contributed by atoms with Crippen molar-refractivity contribution in [3.05, 3.63) is 163 Å². The third kappa shape index (κ3) is 5.26. The molecule has 1 aliphatic carbocycles. The molecule has 0 amide bonds. The quantitative estimate of drug-likeness (QED) is 0.156. The van der Waals surface area contributed by atoms with Crippen molar-refractivity contribution >= 4 is 37.9 Å². The third-order valence-electron chi connectivity index (χ3n) is 11.0. The van der Waals surface area contributed by atoms with Gasteiger partial charge in [-0.05, 0) is 144 Å². The maximum absolute atomic E-state index is 2.52. The Bertz CT molecular complexity index is 2360. The SMILES string of the molecule is CCC(C)(CC)c1ccc2c(-c3cc(C4=CCCC=C4)cc(-c4ccccc4)c3)c3ccccc3c(-c3ccc4ccccc4c3)c2c1. The lowest BCUT2D eigenvalue weighted by molar-refractivity contribution is 0.439. The minimum atomic E-state index is 0.112. The van der Waals surface area contributed by atoms with E-state index >= 15 is 0 Å². The van der Waals surface area contributed by atoms with Crippen molar-refractivity contribution in [3.63, 3.8) is 0 Å². The summed E-state index contributed by atoms with van der Waals surface area (Å²) in [6, 6.07) is 50.2. The second-order valence-corrected chi connectivity index (χ2v) is 13.7. The molecule has 234 valence electrons. The van der Waals surface area contributed by atoms with E-state index in [1.54, 1.807) is 0 Å². The molecule has 8 rings (SSSR count). The van der Waals surface area contributed by atoms with E-state index in [0.717, 1.165) is 25.7 Å². The van der Waals surface area contributed by atoms with Crippen molar-refractivity contribution < 1.29 is 0 Å². The van der Waals surface area contributed by atoms with Gasteiger partial charge in [-0.15, -0.1) is 0 Å². The highest BCUT2D eigenvalue weighted by molar-refractivity contribution is 6.22. The van der Waals surface area contributed by atoms with E-state index in [9.17, 15) is 0 Å². The van der Waals surface area contributed by atoms with Gasteiger partial charge in [-0.3, -0.25) is 0 Å². The predicted octanol–water partition coefficient (Wildman–Crippen LogP) is 14.0. The molecule has 7 aromatic rings. The first-order chi connectivity index (χ1) is 23.6. The molecule has 0 heterocycles. The Morgan fingerprint density at radius 2 is 1.12 bits per heavy atom. The summed E-state index contributed by atoms with van der Waals surface area (Å²) in [5, 5.41) is 7.76. The highest BCUT2D eigenvalue weighted by Gasteiger charge is 2.25. The summed E-state index contributed by atoms with van der Waals surface area (Å²) in [4.78, 5) is 0. The van der Waals surface area contributed by atoms with Gasteiger partial charge in [0.15, 0.2) is 0 Å². The average Bonchev–Trinajstić information content (AvgIpc) is 3.16. The molecule has 0 saturated carbocycles. The molecule has 0 fully saturated rings. The van der Waals surface area contributed by atoms with E-state index in [1.807, 2.05) is 0 Å². The predicted molar refractivity (Wildman–Crippen MR) is 210 cm³/mol. The summed E-state index contributed by atoms with van der Waals surface area (Å²) in [5.74, 6) is 0. The van der Waals surface area contributed by atoms with Gasteiger partial charge in [0, 0.05) is 0 Å². The van der Waals surface area contributed by atoms with Gasteiger partial charge >= 0.3 is 0 Å². The number of rotatable bonds is 7. The van der Waals surface area contributed by atoms with Crippen molar-refractivity contribution in [1.82, 2.24) is 0 Å². The topological polar surface area (TPSA) is 0 Å². The van der Waals surface area contributed by atoms with Gasteiger partial charge in [0.1, 0.15) is 0 Å². The molecule has 0 aromatic heterocycles. The molecule has 0 bridgehead atoms. The maximum Gasteiger partial charge on any atom is -0.00259 e. The van der Waals surface area contributed by atoms with Crippen LogP contribution in [0.25, 0.3) is 71.3 Å². The third-order valence-corrected chi connectivity index (χ3v) is 11.0. The Kier molecular flexibility index (Phi) is 7.81. The zero-order valence-electron chi connectivity index (χ0n) is 28.3. The molecule has 0 saturated heterocycles. The molecule has 0 N–H and O–H groups in total. The zero-order chi connectivity index (χ0) is 32.7. The van der Waals surface area contributed by atoms with Crippen molar-refractivity contribution in [2.75, 3.05) is 0 Å². The number of fused-ring (bicyclic) bond motifs is 3. The normalized spacial score (nSPS) is 13.4. The lowest BCUT2D eigenvalue weighted by Crippen LogP contribution is -2.19. The van der Waals surface area contributed by atoms with E-state index in [4.69, 9.17) is 0 Å². The molecule has 7 aromatic carbocycles. The molecule has 0 heteroatoms. The number of benzene rings is 7. The summed E-state index contributed by atoms with van der Waals surface area (Å²) in [6.07, 6.45) is 11.4. The molecule has 1 aliphatic rings. The monoisotopic (exact) mass is 618 g/mol. The van der Waals surface area contributed by atoms with E-state index in [2.05, 4.69) is 172 Å². The van der Waals surface area contributed by atoms with Gasteiger partial charge in [0.05, 0.1) is 0 Å². The van der Waals surface area contributed by atoms with Crippen LogP contribution in [-0.4, -0.2) is 0 Å². The molecule has 0 unspecified atom stereocenters. The molecule has 0 atom stereocenters. The summed E-state index contributed by atoms with van der Waals surface area (Å²) < 4.78 is 0. The Balaban J connectivity index is 1.49. The Hall–Kier alpha value is -5.20. The van der Waals surface area contributed by atoms with Gasteiger partial charge < -0.3 is 0 Å². The molecule has 48 heavy (non-hydrogen) atoms. The molecular formula is C48H42. The fourth-order valence-electron chi connectivity index (χ4n) is 7.74.